The van der Waals surface area contributed by atoms with E-state index in [0.717, 1.165) is 19.3 Å². The van der Waals surface area contributed by atoms with Gasteiger partial charge in [-0.05, 0) is 55.3 Å². The normalized spacial score (nSPS) is 15.4. The van der Waals surface area contributed by atoms with Crippen molar-refractivity contribution in [3.8, 4) is 0 Å². The molecule has 2 N–H and O–H groups in total. The number of hydrogen-bond acceptors (Lipinski definition) is 3. The zero-order valence-electron chi connectivity index (χ0n) is 13.4. The summed E-state index contributed by atoms with van der Waals surface area (Å²) >= 11 is 0. The van der Waals surface area contributed by atoms with E-state index in [0.29, 0.717) is 18.0 Å². The van der Waals surface area contributed by atoms with Crippen molar-refractivity contribution in [2.75, 3.05) is 6.54 Å². The van der Waals surface area contributed by atoms with Gasteiger partial charge < -0.3 is 10.4 Å². The van der Waals surface area contributed by atoms with Crippen molar-refractivity contribution in [2.45, 2.75) is 52.0 Å². The first-order chi connectivity index (χ1) is 10.5. The van der Waals surface area contributed by atoms with Crippen LogP contribution in [0.2, 0.25) is 0 Å². The number of Topliss-reactive ketones (excluding diaryl/α,β-unsaturated/α-hetero) is 1. The maximum Gasteiger partial charge on any atom is 0.305 e. The molecule has 0 bridgehead atoms. The number of aryl methyl sites for hydroxylation is 2. The summed E-state index contributed by atoms with van der Waals surface area (Å²) in [6.45, 7) is 4.71. The van der Waals surface area contributed by atoms with Gasteiger partial charge in [0.1, 0.15) is 0 Å². The van der Waals surface area contributed by atoms with Crippen LogP contribution < -0.4 is 5.32 Å². The van der Waals surface area contributed by atoms with E-state index in [2.05, 4.69) is 5.32 Å². The molecule has 0 amide bonds. The summed E-state index contributed by atoms with van der Waals surface area (Å²) in [7, 11) is 0. The summed E-state index contributed by atoms with van der Waals surface area (Å²) in [5.41, 5.74) is 3.20. The van der Waals surface area contributed by atoms with Crippen molar-refractivity contribution in [1.29, 1.82) is 0 Å². The first kappa shape index (κ1) is 16.7. The van der Waals surface area contributed by atoms with Crippen molar-refractivity contribution in [1.82, 2.24) is 5.32 Å². The standard InChI is InChI=1S/C18H25NO3/c1-12(2)11-19-16(10-17(20)21)18(22)15-8-7-13-5-3-4-6-14(13)9-15/h7-9,12,16,19H,3-6,10-11H2,1-2H3,(H,20,21). The van der Waals surface area contributed by atoms with Crippen LogP contribution in [-0.4, -0.2) is 29.4 Å². The van der Waals surface area contributed by atoms with Gasteiger partial charge in [0.15, 0.2) is 5.78 Å². The van der Waals surface area contributed by atoms with Gasteiger partial charge in [-0.15, -0.1) is 0 Å². The highest BCUT2D eigenvalue weighted by Crippen LogP contribution is 2.23. The molecule has 0 radical (unpaired) electrons. The predicted octanol–water partition coefficient (Wildman–Crippen LogP) is 2.84. The Morgan fingerprint density at radius 2 is 1.86 bits per heavy atom. The molecule has 1 atom stereocenters. The smallest absolute Gasteiger partial charge is 0.305 e. The third kappa shape index (κ3) is 4.41. The van der Waals surface area contributed by atoms with Crippen LogP contribution in [0.15, 0.2) is 18.2 Å². The summed E-state index contributed by atoms with van der Waals surface area (Å²) in [6, 6.07) is 5.19. The fourth-order valence-corrected chi connectivity index (χ4v) is 2.90. The van der Waals surface area contributed by atoms with Crippen molar-refractivity contribution >= 4 is 11.8 Å². The minimum atomic E-state index is -0.951. The molecule has 1 aromatic rings. The maximum atomic E-state index is 12.7. The summed E-state index contributed by atoms with van der Waals surface area (Å²) in [5.74, 6) is -0.698. The van der Waals surface area contributed by atoms with Crippen LogP contribution in [0.25, 0.3) is 0 Å². The molecule has 4 nitrogen and oxygen atoms in total. The van der Waals surface area contributed by atoms with E-state index in [9.17, 15) is 9.59 Å². The van der Waals surface area contributed by atoms with Gasteiger partial charge in [0.25, 0.3) is 0 Å². The topological polar surface area (TPSA) is 66.4 Å². The van der Waals surface area contributed by atoms with Crippen molar-refractivity contribution in [2.24, 2.45) is 5.92 Å². The number of carbonyl (C=O) groups excluding carboxylic acids is 1. The van der Waals surface area contributed by atoms with Crippen LogP contribution in [-0.2, 0) is 17.6 Å². The van der Waals surface area contributed by atoms with Crippen molar-refractivity contribution < 1.29 is 14.7 Å². The van der Waals surface area contributed by atoms with Gasteiger partial charge in [-0.2, -0.15) is 0 Å². The van der Waals surface area contributed by atoms with Gasteiger partial charge in [0, 0.05) is 5.56 Å². The lowest BCUT2D eigenvalue weighted by Crippen LogP contribution is -2.40. The molecule has 0 fully saturated rings. The van der Waals surface area contributed by atoms with Gasteiger partial charge in [-0.3, -0.25) is 9.59 Å². The van der Waals surface area contributed by atoms with Crippen molar-refractivity contribution in [3.63, 3.8) is 0 Å². The number of carbonyl (C=O) groups is 2. The zero-order chi connectivity index (χ0) is 16.1. The Kier molecular flexibility index (Phi) is 5.72. The second-order valence-electron chi connectivity index (χ2n) is 6.51. The summed E-state index contributed by atoms with van der Waals surface area (Å²) in [4.78, 5) is 23.7. The van der Waals surface area contributed by atoms with Crippen LogP contribution in [0.1, 0.15) is 54.6 Å². The van der Waals surface area contributed by atoms with Gasteiger partial charge in [-0.1, -0.05) is 26.0 Å². The SMILES string of the molecule is CC(C)CNC(CC(=O)O)C(=O)c1ccc2c(c1)CCCC2. The number of aliphatic carboxylic acids is 1. The molecule has 22 heavy (non-hydrogen) atoms. The van der Waals surface area contributed by atoms with E-state index in [1.807, 2.05) is 32.0 Å². The van der Waals surface area contributed by atoms with Gasteiger partial charge in [0.05, 0.1) is 12.5 Å². The Morgan fingerprint density at radius 1 is 1.18 bits per heavy atom. The average molecular weight is 303 g/mol. The second kappa shape index (κ2) is 7.54. The fourth-order valence-electron chi connectivity index (χ4n) is 2.90. The van der Waals surface area contributed by atoms with E-state index < -0.39 is 12.0 Å². The lowest BCUT2D eigenvalue weighted by atomic mass is 9.88. The molecule has 0 aromatic heterocycles. The van der Waals surface area contributed by atoms with Crippen LogP contribution in [0.3, 0.4) is 0 Å². The van der Waals surface area contributed by atoms with Crippen LogP contribution in [0.5, 0.6) is 0 Å². The monoisotopic (exact) mass is 303 g/mol. The quantitative estimate of drug-likeness (QED) is 0.760. The molecule has 0 spiro atoms. The summed E-state index contributed by atoms with van der Waals surface area (Å²) in [5, 5.41) is 12.1. The Morgan fingerprint density at radius 3 is 2.50 bits per heavy atom. The van der Waals surface area contributed by atoms with Gasteiger partial charge >= 0.3 is 5.97 Å². The maximum absolute atomic E-state index is 12.7. The molecule has 4 heteroatoms. The highest BCUT2D eigenvalue weighted by Gasteiger charge is 2.23. The Hall–Kier alpha value is -1.68. The molecule has 1 aromatic carbocycles. The van der Waals surface area contributed by atoms with Gasteiger partial charge in [-0.25, -0.2) is 0 Å². The number of carboxylic acid groups (broad SMARTS) is 1. The molecule has 0 aliphatic heterocycles. The zero-order valence-corrected chi connectivity index (χ0v) is 13.4. The lowest BCUT2D eigenvalue weighted by molar-refractivity contribution is -0.137. The fraction of sp³-hybridized carbons (Fsp3) is 0.556. The average Bonchev–Trinajstić information content (AvgIpc) is 2.49. The van der Waals surface area contributed by atoms with E-state index in [1.165, 1.54) is 17.5 Å². The number of hydrogen-bond donors (Lipinski definition) is 2. The first-order valence-corrected chi connectivity index (χ1v) is 8.08. The molecule has 2 rings (SSSR count). The summed E-state index contributed by atoms with van der Waals surface area (Å²) < 4.78 is 0. The third-order valence-electron chi connectivity index (χ3n) is 4.10. The van der Waals surface area contributed by atoms with Crippen LogP contribution in [0.4, 0.5) is 0 Å². The molecule has 120 valence electrons. The van der Waals surface area contributed by atoms with Crippen LogP contribution >= 0.6 is 0 Å². The molecule has 1 aliphatic rings. The molecule has 0 saturated heterocycles. The highest BCUT2D eigenvalue weighted by atomic mass is 16.4. The van der Waals surface area contributed by atoms with Crippen LogP contribution in [0, 0.1) is 5.92 Å². The first-order valence-electron chi connectivity index (χ1n) is 8.08. The largest absolute Gasteiger partial charge is 0.481 e. The highest BCUT2D eigenvalue weighted by molar-refractivity contribution is 6.01. The molecule has 0 heterocycles. The molecular formula is C18H25NO3. The molecule has 1 unspecified atom stereocenters. The van der Waals surface area contributed by atoms with E-state index in [4.69, 9.17) is 5.11 Å². The molecule has 1 aliphatic carbocycles. The molecule has 0 saturated carbocycles. The Balaban J connectivity index is 2.16. The third-order valence-corrected chi connectivity index (χ3v) is 4.10. The number of rotatable bonds is 7. The number of ketones is 1. The summed E-state index contributed by atoms with van der Waals surface area (Å²) in [6.07, 6.45) is 4.28. The van der Waals surface area contributed by atoms with Crippen molar-refractivity contribution in [3.05, 3.63) is 34.9 Å². The number of benzene rings is 1. The number of fused-ring (bicyclic) bond motifs is 1. The minimum absolute atomic E-state index is 0.114. The predicted molar refractivity (Wildman–Crippen MR) is 86.3 cm³/mol. The molecular weight excluding hydrogens is 278 g/mol. The lowest BCUT2D eigenvalue weighted by Gasteiger charge is -2.20. The van der Waals surface area contributed by atoms with Gasteiger partial charge in [0.2, 0.25) is 0 Å². The van der Waals surface area contributed by atoms with E-state index in [1.54, 1.807) is 0 Å². The minimum Gasteiger partial charge on any atom is -0.481 e. The Bertz CT molecular complexity index is 551. The number of carboxylic acids is 1. The van der Waals surface area contributed by atoms with E-state index >= 15 is 0 Å². The Labute approximate surface area is 131 Å². The number of nitrogens with one attached hydrogen (secondary N) is 1. The second-order valence-corrected chi connectivity index (χ2v) is 6.51. The van der Waals surface area contributed by atoms with E-state index in [-0.39, 0.29) is 12.2 Å².